The first-order chi connectivity index (χ1) is 7.93. The molecule has 100 valence electrons. The molecule has 0 radical (unpaired) electrons. The van der Waals surface area contributed by atoms with E-state index in [1.165, 1.54) is 0 Å². The van der Waals surface area contributed by atoms with Crippen LogP contribution in [0.15, 0.2) is 0 Å². The fourth-order valence-electron chi connectivity index (χ4n) is 1.91. The number of rotatable bonds is 5. The standard InChI is InChI=1S/C13H25NO3/c1-4-13(2,3)14-12(16)9-17-11-7-5-10(15)6-8-11/h10-11,15H,4-9H2,1-3H3,(H,14,16). The van der Waals surface area contributed by atoms with E-state index in [0.29, 0.717) is 0 Å². The number of amides is 1. The van der Waals surface area contributed by atoms with E-state index in [-0.39, 0.29) is 30.3 Å². The second-order valence-corrected chi connectivity index (χ2v) is 5.53. The summed E-state index contributed by atoms with van der Waals surface area (Å²) in [5.41, 5.74) is -0.163. The number of ether oxygens (including phenoxy) is 1. The molecule has 0 aromatic heterocycles. The Morgan fingerprint density at radius 3 is 2.47 bits per heavy atom. The van der Waals surface area contributed by atoms with Gasteiger partial charge in [-0.15, -0.1) is 0 Å². The van der Waals surface area contributed by atoms with Crippen LogP contribution in [-0.4, -0.2) is 35.4 Å². The highest BCUT2D eigenvalue weighted by molar-refractivity contribution is 5.77. The van der Waals surface area contributed by atoms with E-state index in [0.717, 1.165) is 32.1 Å². The lowest BCUT2D eigenvalue weighted by Crippen LogP contribution is -2.45. The molecule has 4 heteroatoms. The summed E-state index contributed by atoms with van der Waals surface area (Å²) in [6, 6.07) is 0. The molecule has 1 aliphatic rings. The Hall–Kier alpha value is -0.610. The zero-order chi connectivity index (χ0) is 12.9. The number of carbonyl (C=O) groups excluding carboxylic acids is 1. The van der Waals surface area contributed by atoms with Crippen LogP contribution in [0.25, 0.3) is 0 Å². The lowest BCUT2D eigenvalue weighted by Gasteiger charge is -2.27. The summed E-state index contributed by atoms with van der Waals surface area (Å²) in [6.07, 6.45) is 4.13. The average Bonchev–Trinajstić information content (AvgIpc) is 2.28. The van der Waals surface area contributed by atoms with Gasteiger partial charge in [-0.3, -0.25) is 4.79 Å². The summed E-state index contributed by atoms with van der Waals surface area (Å²) in [6.45, 7) is 6.18. The van der Waals surface area contributed by atoms with E-state index in [4.69, 9.17) is 4.74 Å². The SMILES string of the molecule is CCC(C)(C)NC(=O)COC1CCC(O)CC1. The van der Waals surface area contributed by atoms with Crippen molar-refractivity contribution in [3.05, 3.63) is 0 Å². The predicted molar refractivity (Wildman–Crippen MR) is 66.7 cm³/mol. The van der Waals surface area contributed by atoms with Gasteiger partial charge in [-0.2, -0.15) is 0 Å². The van der Waals surface area contributed by atoms with Crippen molar-refractivity contribution in [3.63, 3.8) is 0 Å². The first kappa shape index (κ1) is 14.5. The highest BCUT2D eigenvalue weighted by atomic mass is 16.5. The Balaban J connectivity index is 2.20. The third-order valence-corrected chi connectivity index (χ3v) is 3.46. The molecule has 4 nitrogen and oxygen atoms in total. The molecule has 0 aromatic rings. The maximum atomic E-state index is 11.6. The highest BCUT2D eigenvalue weighted by Gasteiger charge is 2.22. The number of aliphatic hydroxyl groups excluding tert-OH is 1. The molecule has 1 amide bonds. The Bertz CT molecular complexity index is 245. The second kappa shape index (κ2) is 6.36. The topological polar surface area (TPSA) is 58.6 Å². The van der Waals surface area contributed by atoms with Crippen LogP contribution in [0, 0.1) is 0 Å². The maximum Gasteiger partial charge on any atom is 0.246 e. The Morgan fingerprint density at radius 2 is 1.94 bits per heavy atom. The van der Waals surface area contributed by atoms with Gasteiger partial charge in [0.25, 0.3) is 0 Å². The highest BCUT2D eigenvalue weighted by Crippen LogP contribution is 2.20. The fraction of sp³-hybridized carbons (Fsp3) is 0.923. The number of carbonyl (C=O) groups is 1. The van der Waals surface area contributed by atoms with Gasteiger partial charge in [0.1, 0.15) is 6.61 Å². The van der Waals surface area contributed by atoms with Crippen molar-refractivity contribution in [2.45, 2.75) is 70.6 Å². The van der Waals surface area contributed by atoms with E-state index in [2.05, 4.69) is 5.32 Å². The van der Waals surface area contributed by atoms with E-state index in [1.807, 2.05) is 20.8 Å². The molecule has 0 saturated heterocycles. The second-order valence-electron chi connectivity index (χ2n) is 5.53. The predicted octanol–water partition coefficient (Wildman–Crippen LogP) is 1.61. The quantitative estimate of drug-likeness (QED) is 0.771. The van der Waals surface area contributed by atoms with Gasteiger partial charge in [-0.1, -0.05) is 6.92 Å². The van der Waals surface area contributed by atoms with Gasteiger partial charge in [0.05, 0.1) is 12.2 Å². The van der Waals surface area contributed by atoms with Crippen LogP contribution in [0.5, 0.6) is 0 Å². The molecule has 1 rings (SSSR count). The molecule has 1 saturated carbocycles. The van der Waals surface area contributed by atoms with E-state index in [1.54, 1.807) is 0 Å². The molecule has 17 heavy (non-hydrogen) atoms. The summed E-state index contributed by atoms with van der Waals surface area (Å²) in [5, 5.41) is 12.3. The maximum absolute atomic E-state index is 11.6. The van der Waals surface area contributed by atoms with Crippen LogP contribution in [0.3, 0.4) is 0 Å². The number of hydrogen-bond acceptors (Lipinski definition) is 3. The monoisotopic (exact) mass is 243 g/mol. The smallest absolute Gasteiger partial charge is 0.246 e. The lowest BCUT2D eigenvalue weighted by atomic mass is 9.95. The first-order valence-electron chi connectivity index (χ1n) is 6.53. The summed E-state index contributed by atoms with van der Waals surface area (Å²) in [7, 11) is 0. The van der Waals surface area contributed by atoms with Crippen LogP contribution >= 0.6 is 0 Å². The first-order valence-corrected chi connectivity index (χ1v) is 6.53. The molecular formula is C13H25NO3. The molecule has 0 spiro atoms. The lowest BCUT2D eigenvalue weighted by molar-refractivity contribution is -0.130. The van der Waals surface area contributed by atoms with Crippen molar-refractivity contribution >= 4 is 5.91 Å². The Kier molecular flexibility index (Phi) is 5.40. The summed E-state index contributed by atoms with van der Waals surface area (Å²) < 4.78 is 5.56. The van der Waals surface area contributed by atoms with Gasteiger partial charge >= 0.3 is 0 Å². The van der Waals surface area contributed by atoms with E-state index in [9.17, 15) is 9.90 Å². The Labute approximate surface area is 104 Å². The van der Waals surface area contributed by atoms with Gasteiger partial charge in [0, 0.05) is 5.54 Å². The van der Waals surface area contributed by atoms with Crippen molar-refractivity contribution in [1.29, 1.82) is 0 Å². The summed E-state index contributed by atoms with van der Waals surface area (Å²) >= 11 is 0. The van der Waals surface area contributed by atoms with Crippen molar-refractivity contribution in [1.82, 2.24) is 5.32 Å². The van der Waals surface area contributed by atoms with Crippen molar-refractivity contribution in [2.75, 3.05) is 6.61 Å². The van der Waals surface area contributed by atoms with E-state index >= 15 is 0 Å². The van der Waals surface area contributed by atoms with Gasteiger partial charge < -0.3 is 15.2 Å². The number of hydrogen-bond donors (Lipinski definition) is 2. The minimum atomic E-state index is -0.178. The molecule has 0 aromatic carbocycles. The minimum Gasteiger partial charge on any atom is -0.393 e. The molecule has 1 fully saturated rings. The van der Waals surface area contributed by atoms with Gasteiger partial charge in [-0.05, 0) is 46.0 Å². The van der Waals surface area contributed by atoms with E-state index < -0.39 is 0 Å². The average molecular weight is 243 g/mol. The minimum absolute atomic E-state index is 0.0528. The molecule has 2 N–H and O–H groups in total. The fourth-order valence-corrected chi connectivity index (χ4v) is 1.91. The van der Waals surface area contributed by atoms with Crippen LogP contribution in [0.2, 0.25) is 0 Å². The molecule has 0 atom stereocenters. The van der Waals surface area contributed by atoms with Crippen LogP contribution < -0.4 is 5.32 Å². The third kappa shape index (κ3) is 5.50. The normalized spacial score (nSPS) is 25.6. The van der Waals surface area contributed by atoms with Crippen LogP contribution in [0.1, 0.15) is 52.9 Å². The molecule has 0 unspecified atom stereocenters. The largest absolute Gasteiger partial charge is 0.393 e. The van der Waals surface area contributed by atoms with Crippen LogP contribution in [0.4, 0.5) is 0 Å². The number of aliphatic hydroxyl groups is 1. The van der Waals surface area contributed by atoms with Gasteiger partial charge in [0.15, 0.2) is 0 Å². The van der Waals surface area contributed by atoms with Crippen molar-refractivity contribution in [2.24, 2.45) is 0 Å². The summed E-state index contributed by atoms with van der Waals surface area (Å²) in [5.74, 6) is -0.0528. The molecule has 0 bridgehead atoms. The van der Waals surface area contributed by atoms with Crippen LogP contribution in [-0.2, 0) is 9.53 Å². The number of nitrogens with one attached hydrogen (secondary N) is 1. The third-order valence-electron chi connectivity index (χ3n) is 3.46. The zero-order valence-corrected chi connectivity index (χ0v) is 11.2. The molecule has 0 heterocycles. The molecule has 0 aliphatic heterocycles. The van der Waals surface area contributed by atoms with Gasteiger partial charge in [0.2, 0.25) is 5.91 Å². The summed E-state index contributed by atoms with van der Waals surface area (Å²) in [4.78, 5) is 11.6. The molecule has 1 aliphatic carbocycles. The van der Waals surface area contributed by atoms with Crippen molar-refractivity contribution in [3.8, 4) is 0 Å². The van der Waals surface area contributed by atoms with Crippen molar-refractivity contribution < 1.29 is 14.6 Å². The zero-order valence-electron chi connectivity index (χ0n) is 11.2. The Morgan fingerprint density at radius 1 is 1.35 bits per heavy atom. The van der Waals surface area contributed by atoms with Gasteiger partial charge in [-0.25, -0.2) is 0 Å². The molecular weight excluding hydrogens is 218 g/mol.